The second kappa shape index (κ2) is 6.30. The third-order valence-electron chi connectivity index (χ3n) is 4.47. The van der Waals surface area contributed by atoms with E-state index in [-0.39, 0.29) is 23.6 Å². The summed E-state index contributed by atoms with van der Waals surface area (Å²) in [6.07, 6.45) is 3.10. The molecule has 1 N–H and O–H groups in total. The Balaban J connectivity index is 1.64. The van der Waals surface area contributed by atoms with Crippen LogP contribution in [0.1, 0.15) is 42.5 Å². The number of nitrogens with zero attached hydrogens (tertiary/aromatic N) is 1. The van der Waals surface area contributed by atoms with Crippen LogP contribution in [-0.2, 0) is 9.59 Å². The first kappa shape index (κ1) is 14.8. The number of carbonyl (C=O) groups excluding carboxylic acids is 3. The predicted octanol–water partition coefficient (Wildman–Crippen LogP) is 1.53. The Morgan fingerprint density at radius 3 is 2.64 bits per heavy atom. The van der Waals surface area contributed by atoms with E-state index in [1.807, 2.05) is 18.2 Å². The molecule has 2 atom stereocenters. The van der Waals surface area contributed by atoms with Crippen LogP contribution in [0.3, 0.4) is 0 Å². The monoisotopic (exact) mass is 300 g/mol. The van der Waals surface area contributed by atoms with Gasteiger partial charge in [-0.25, -0.2) is 0 Å². The molecule has 2 unspecified atom stereocenters. The lowest BCUT2D eigenvalue weighted by Gasteiger charge is -2.27. The maximum Gasteiger partial charge on any atom is 0.245 e. The van der Waals surface area contributed by atoms with Crippen LogP contribution in [0.5, 0.6) is 0 Å². The first-order valence-corrected chi connectivity index (χ1v) is 7.83. The molecule has 0 aliphatic carbocycles. The molecular formula is C17H20N2O3. The highest BCUT2D eigenvalue weighted by Crippen LogP contribution is 2.24. The lowest BCUT2D eigenvalue weighted by molar-refractivity contribution is -0.135. The van der Waals surface area contributed by atoms with Gasteiger partial charge in [-0.2, -0.15) is 0 Å². The fourth-order valence-corrected chi connectivity index (χ4v) is 3.29. The van der Waals surface area contributed by atoms with E-state index < -0.39 is 6.04 Å². The van der Waals surface area contributed by atoms with Gasteiger partial charge in [-0.3, -0.25) is 14.4 Å². The van der Waals surface area contributed by atoms with Crippen LogP contribution in [0.2, 0.25) is 0 Å². The lowest BCUT2D eigenvalue weighted by Crippen LogP contribution is -2.47. The van der Waals surface area contributed by atoms with Crippen molar-refractivity contribution in [1.82, 2.24) is 10.2 Å². The molecular weight excluding hydrogens is 280 g/mol. The van der Waals surface area contributed by atoms with Gasteiger partial charge in [0.2, 0.25) is 11.8 Å². The molecule has 1 aromatic carbocycles. The predicted molar refractivity (Wildman–Crippen MR) is 81.3 cm³/mol. The van der Waals surface area contributed by atoms with Gasteiger partial charge >= 0.3 is 0 Å². The molecule has 2 heterocycles. The molecule has 5 nitrogen and oxygen atoms in total. The fraction of sp³-hybridized carbons (Fsp3) is 0.471. The van der Waals surface area contributed by atoms with Gasteiger partial charge < -0.3 is 10.2 Å². The van der Waals surface area contributed by atoms with Crippen LogP contribution in [0.4, 0.5) is 0 Å². The zero-order valence-electron chi connectivity index (χ0n) is 12.5. The van der Waals surface area contributed by atoms with Gasteiger partial charge in [0.25, 0.3) is 0 Å². The number of benzene rings is 1. The maximum atomic E-state index is 12.5. The van der Waals surface area contributed by atoms with Crippen molar-refractivity contribution in [3.8, 4) is 0 Å². The van der Waals surface area contributed by atoms with E-state index in [2.05, 4.69) is 5.32 Å². The number of likely N-dealkylation sites (tertiary alicyclic amines) is 1. The molecule has 5 heteroatoms. The second-order valence-corrected chi connectivity index (χ2v) is 5.98. The smallest absolute Gasteiger partial charge is 0.245 e. The summed E-state index contributed by atoms with van der Waals surface area (Å²) in [5, 5.41) is 2.72. The van der Waals surface area contributed by atoms with E-state index in [1.165, 1.54) is 0 Å². The highest BCUT2D eigenvalue weighted by atomic mass is 16.2. The van der Waals surface area contributed by atoms with Crippen molar-refractivity contribution in [1.29, 1.82) is 0 Å². The highest BCUT2D eigenvalue weighted by molar-refractivity contribution is 5.97. The van der Waals surface area contributed by atoms with Crippen LogP contribution >= 0.6 is 0 Å². The largest absolute Gasteiger partial charge is 0.344 e. The molecule has 0 saturated carbocycles. The minimum absolute atomic E-state index is 0.0331. The Morgan fingerprint density at radius 2 is 1.95 bits per heavy atom. The van der Waals surface area contributed by atoms with Gasteiger partial charge in [-0.1, -0.05) is 30.3 Å². The van der Waals surface area contributed by atoms with Gasteiger partial charge in [0.05, 0.1) is 0 Å². The Bertz CT molecular complexity index is 585. The van der Waals surface area contributed by atoms with E-state index in [4.69, 9.17) is 0 Å². The zero-order valence-corrected chi connectivity index (χ0v) is 12.5. The van der Waals surface area contributed by atoms with Crippen LogP contribution < -0.4 is 5.32 Å². The summed E-state index contributed by atoms with van der Waals surface area (Å²) in [4.78, 5) is 37.9. The molecule has 3 rings (SSSR count). The van der Waals surface area contributed by atoms with Crippen LogP contribution in [0.25, 0.3) is 0 Å². The van der Waals surface area contributed by atoms with Crippen molar-refractivity contribution in [3.63, 3.8) is 0 Å². The molecule has 2 saturated heterocycles. The highest BCUT2D eigenvalue weighted by Gasteiger charge is 2.36. The molecule has 2 aliphatic rings. The minimum Gasteiger partial charge on any atom is -0.344 e. The number of hydrogen-bond acceptors (Lipinski definition) is 3. The van der Waals surface area contributed by atoms with E-state index in [0.29, 0.717) is 31.4 Å². The number of Topliss-reactive ketones (excluding diaryl/α,β-unsaturated/α-hetero) is 1. The molecule has 22 heavy (non-hydrogen) atoms. The summed E-state index contributed by atoms with van der Waals surface area (Å²) >= 11 is 0. The van der Waals surface area contributed by atoms with Crippen LogP contribution in [0, 0.1) is 0 Å². The van der Waals surface area contributed by atoms with Gasteiger partial charge in [0.1, 0.15) is 6.04 Å². The Kier molecular flexibility index (Phi) is 4.22. The molecule has 0 aromatic heterocycles. The van der Waals surface area contributed by atoms with Crippen molar-refractivity contribution in [2.45, 2.75) is 44.2 Å². The third kappa shape index (κ3) is 3.03. The first-order chi connectivity index (χ1) is 10.6. The molecule has 0 spiro atoms. The van der Waals surface area contributed by atoms with E-state index >= 15 is 0 Å². The quantitative estimate of drug-likeness (QED) is 0.858. The fourth-order valence-electron chi connectivity index (χ4n) is 3.29. The summed E-state index contributed by atoms with van der Waals surface area (Å²) < 4.78 is 0. The van der Waals surface area contributed by atoms with Gasteiger partial charge in [0.15, 0.2) is 5.78 Å². The molecule has 0 radical (unpaired) electrons. The van der Waals surface area contributed by atoms with Gasteiger partial charge in [0, 0.05) is 31.0 Å². The Hall–Kier alpha value is -2.17. The summed E-state index contributed by atoms with van der Waals surface area (Å²) in [7, 11) is 0. The van der Waals surface area contributed by atoms with E-state index in [0.717, 1.165) is 12.8 Å². The summed E-state index contributed by atoms with van der Waals surface area (Å²) in [5.74, 6) is -0.0237. The van der Waals surface area contributed by atoms with Crippen molar-refractivity contribution < 1.29 is 14.4 Å². The minimum atomic E-state index is -0.403. The average Bonchev–Trinajstić information content (AvgIpc) is 3.16. The van der Waals surface area contributed by atoms with E-state index in [1.54, 1.807) is 17.0 Å². The normalized spacial score (nSPS) is 24.4. The maximum absolute atomic E-state index is 12.5. The van der Waals surface area contributed by atoms with Crippen molar-refractivity contribution in [2.24, 2.45) is 0 Å². The first-order valence-electron chi connectivity index (χ1n) is 7.83. The Labute approximate surface area is 129 Å². The van der Waals surface area contributed by atoms with Gasteiger partial charge in [-0.15, -0.1) is 0 Å². The SMILES string of the molecule is O=C1CCC(C(=O)N2CCCC2CC(=O)c2ccccc2)N1. The number of amides is 2. The topological polar surface area (TPSA) is 66.5 Å². The average molecular weight is 300 g/mol. The number of nitrogens with one attached hydrogen (secondary N) is 1. The third-order valence-corrected chi connectivity index (χ3v) is 4.47. The second-order valence-electron chi connectivity index (χ2n) is 5.98. The summed E-state index contributed by atoms with van der Waals surface area (Å²) in [6.45, 7) is 0.679. The van der Waals surface area contributed by atoms with Crippen molar-refractivity contribution >= 4 is 17.6 Å². The zero-order chi connectivity index (χ0) is 15.5. The molecule has 2 amide bonds. The number of carbonyl (C=O) groups is 3. The molecule has 0 bridgehead atoms. The van der Waals surface area contributed by atoms with Crippen molar-refractivity contribution in [3.05, 3.63) is 35.9 Å². The Morgan fingerprint density at radius 1 is 1.18 bits per heavy atom. The summed E-state index contributed by atoms with van der Waals surface area (Å²) in [5.41, 5.74) is 0.691. The summed E-state index contributed by atoms with van der Waals surface area (Å²) in [6, 6.07) is 8.74. The van der Waals surface area contributed by atoms with E-state index in [9.17, 15) is 14.4 Å². The molecule has 2 fully saturated rings. The van der Waals surface area contributed by atoms with Crippen LogP contribution in [-0.4, -0.2) is 41.1 Å². The lowest BCUT2D eigenvalue weighted by atomic mass is 10.0. The molecule has 2 aliphatic heterocycles. The standard InChI is InChI=1S/C17H20N2O3/c20-15(12-5-2-1-3-6-12)11-13-7-4-10-19(13)17(22)14-8-9-16(21)18-14/h1-3,5-6,13-14H,4,7-11H2,(H,18,21). The molecule has 116 valence electrons. The van der Waals surface area contributed by atoms with Gasteiger partial charge in [-0.05, 0) is 19.3 Å². The molecule has 1 aromatic rings. The van der Waals surface area contributed by atoms with Crippen LogP contribution in [0.15, 0.2) is 30.3 Å². The van der Waals surface area contributed by atoms with Crippen molar-refractivity contribution in [2.75, 3.05) is 6.54 Å². The number of rotatable bonds is 4. The number of hydrogen-bond donors (Lipinski definition) is 1. The number of ketones is 1.